The highest BCUT2D eigenvalue weighted by atomic mass is 16.5. The van der Waals surface area contributed by atoms with E-state index in [0.29, 0.717) is 23.7 Å². The van der Waals surface area contributed by atoms with Crippen LogP contribution in [0.5, 0.6) is 5.75 Å². The molecule has 2 rings (SSSR count). The number of rotatable bonds is 6. The molecular formula is C17H25N3O3. The minimum atomic E-state index is -0.339. The standard InChI is InChI=1S/C17H25N3O3/c1-4-12(5-2)20-10-11(8-16(20)21)17(22)19-15-9-13(23-3)6-7-14(15)18/h6-7,9,11-12H,4-5,8,10,18H2,1-3H3,(H,19,22). The van der Waals surface area contributed by atoms with E-state index in [1.807, 2.05) is 4.90 Å². The fourth-order valence-electron chi connectivity index (χ4n) is 3.00. The number of methoxy groups -OCH3 is 1. The van der Waals surface area contributed by atoms with Gasteiger partial charge in [0, 0.05) is 25.1 Å². The van der Waals surface area contributed by atoms with Gasteiger partial charge >= 0.3 is 0 Å². The van der Waals surface area contributed by atoms with Gasteiger partial charge in [0.2, 0.25) is 11.8 Å². The quantitative estimate of drug-likeness (QED) is 0.788. The zero-order chi connectivity index (χ0) is 17.0. The fraction of sp³-hybridized carbons (Fsp3) is 0.529. The molecule has 1 saturated heterocycles. The van der Waals surface area contributed by atoms with E-state index in [1.165, 1.54) is 0 Å². The van der Waals surface area contributed by atoms with Gasteiger partial charge in [-0.05, 0) is 25.0 Å². The van der Waals surface area contributed by atoms with Crippen molar-refractivity contribution in [3.05, 3.63) is 18.2 Å². The number of anilines is 2. The normalized spacial score (nSPS) is 17.7. The van der Waals surface area contributed by atoms with Gasteiger partial charge in [-0.15, -0.1) is 0 Å². The Balaban J connectivity index is 2.06. The van der Waals surface area contributed by atoms with Crippen LogP contribution in [0.2, 0.25) is 0 Å². The lowest BCUT2D eigenvalue weighted by atomic mass is 10.1. The summed E-state index contributed by atoms with van der Waals surface area (Å²) in [5.74, 6) is 0.161. The van der Waals surface area contributed by atoms with Crippen LogP contribution in [0.1, 0.15) is 33.1 Å². The molecule has 1 fully saturated rings. The molecule has 1 unspecified atom stereocenters. The Hall–Kier alpha value is -2.24. The summed E-state index contributed by atoms with van der Waals surface area (Å²) in [6.45, 7) is 4.60. The monoisotopic (exact) mass is 319 g/mol. The number of amides is 2. The molecule has 0 spiro atoms. The number of nitrogens with two attached hydrogens (primary N) is 1. The van der Waals surface area contributed by atoms with Crippen LogP contribution in [0.4, 0.5) is 11.4 Å². The average molecular weight is 319 g/mol. The van der Waals surface area contributed by atoms with Crippen LogP contribution >= 0.6 is 0 Å². The molecule has 2 amide bonds. The maximum atomic E-state index is 12.5. The number of likely N-dealkylation sites (tertiary alicyclic amines) is 1. The highest BCUT2D eigenvalue weighted by molar-refractivity contribution is 5.99. The maximum absolute atomic E-state index is 12.5. The summed E-state index contributed by atoms with van der Waals surface area (Å²) in [4.78, 5) is 26.5. The van der Waals surface area contributed by atoms with Crippen molar-refractivity contribution in [1.82, 2.24) is 4.90 Å². The molecule has 0 aromatic heterocycles. The number of nitrogen functional groups attached to an aromatic ring is 1. The summed E-state index contributed by atoms with van der Waals surface area (Å²) in [5.41, 5.74) is 6.88. The molecule has 1 heterocycles. The van der Waals surface area contributed by atoms with E-state index >= 15 is 0 Å². The Morgan fingerprint density at radius 3 is 2.74 bits per heavy atom. The van der Waals surface area contributed by atoms with Gasteiger partial charge in [0.15, 0.2) is 0 Å². The molecule has 23 heavy (non-hydrogen) atoms. The molecule has 126 valence electrons. The zero-order valence-corrected chi connectivity index (χ0v) is 14.0. The second kappa shape index (κ2) is 7.35. The topological polar surface area (TPSA) is 84.7 Å². The summed E-state index contributed by atoms with van der Waals surface area (Å²) >= 11 is 0. The summed E-state index contributed by atoms with van der Waals surface area (Å²) in [6.07, 6.45) is 2.06. The van der Waals surface area contributed by atoms with E-state index in [4.69, 9.17) is 10.5 Å². The summed E-state index contributed by atoms with van der Waals surface area (Å²) in [7, 11) is 1.56. The van der Waals surface area contributed by atoms with Crippen LogP contribution in [-0.2, 0) is 9.59 Å². The third kappa shape index (κ3) is 3.75. The molecule has 1 aromatic carbocycles. The first-order valence-corrected chi connectivity index (χ1v) is 8.03. The third-order valence-electron chi connectivity index (χ3n) is 4.43. The Labute approximate surface area is 137 Å². The molecule has 1 aliphatic rings. The lowest BCUT2D eigenvalue weighted by Crippen LogP contribution is -2.36. The lowest BCUT2D eigenvalue weighted by Gasteiger charge is -2.26. The zero-order valence-electron chi connectivity index (χ0n) is 14.0. The Morgan fingerprint density at radius 2 is 2.13 bits per heavy atom. The van der Waals surface area contributed by atoms with Crippen molar-refractivity contribution in [1.29, 1.82) is 0 Å². The van der Waals surface area contributed by atoms with Crippen LogP contribution in [0.15, 0.2) is 18.2 Å². The van der Waals surface area contributed by atoms with Crippen molar-refractivity contribution < 1.29 is 14.3 Å². The predicted molar refractivity (Wildman–Crippen MR) is 90.2 cm³/mol. The predicted octanol–water partition coefficient (Wildman–Crippen LogP) is 2.25. The second-order valence-electron chi connectivity index (χ2n) is 5.86. The van der Waals surface area contributed by atoms with Crippen molar-refractivity contribution in [3.63, 3.8) is 0 Å². The van der Waals surface area contributed by atoms with Gasteiger partial charge in [0.25, 0.3) is 0 Å². The number of ether oxygens (including phenoxy) is 1. The van der Waals surface area contributed by atoms with Gasteiger partial charge in [0.05, 0.1) is 24.4 Å². The molecule has 0 saturated carbocycles. The number of hydrogen-bond acceptors (Lipinski definition) is 4. The number of carbonyl (C=O) groups excluding carboxylic acids is 2. The van der Waals surface area contributed by atoms with E-state index in [9.17, 15) is 9.59 Å². The van der Waals surface area contributed by atoms with Crippen molar-refractivity contribution in [2.24, 2.45) is 5.92 Å². The first-order valence-electron chi connectivity index (χ1n) is 8.03. The van der Waals surface area contributed by atoms with Gasteiger partial charge < -0.3 is 20.7 Å². The number of benzene rings is 1. The van der Waals surface area contributed by atoms with E-state index < -0.39 is 0 Å². The molecule has 3 N–H and O–H groups in total. The Morgan fingerprint density at radius 1 is 1.43 bits per heavy atom. The van der Waals surface area contributed by atoms with Gasteiger partial charge in [-0.25, -0.2) is 0 Å². The minimum Gasteiger partial charge on any atom is -0.497 e. The number of nitrogens with zero attached hydrogens (tertiary/aromatic N) is 1. The molecule has 1 atom stereocenters. The fourth-order valence-corrected chi connectivity index (χ4v) is 3.00. The number of carbonyl (C=O) groups is 2. The summed E-state index contributed by atoms with van der Waals surface area (Å²) in [6, 6.07) is 5.31. The lowest BCUT2D eigenvalue weighted by molar-refractivity contribution is -0.130. The van der Waals surface area contributed by atoms with Gasteiger partial charge in [0.1, 0.15) is 5.75 Å². The smallest absolute Gasteiger partial charge is 0.229 e. The van der Waals surface area contributed by atoms with Crippen molar-refractivity contribution in [2.45, 2.75) is 39.2 Å². The van der Waals surface area contributed by atoms with Crippen LogP contribution in [0.25, 0.3) is 0 Å². The molecule has 6 heteroatoms. The first-order chi connectivity index (χ1) is 11.0. The maximum Gasteiger partial charge on any atom is 0.229 e. The summed E-state index contributed by atoms with van der Waals surface area (Å²) < 4.78 is 5.14. The molecule has 6 nitrogen and oxygen atoms in total. The van der Waals surface area contributed by atoms with Crippen LogP contribution < -0.4 is 15.8 Å². The van der Waals surface area contributed by atoms with Crippen molar-refractivity contribution in [3.8, 4) is 5.75 Å². The Kier molecular flexibility index (Phi) is 5.47. The van der Waals surface area contributed by atoms with E-state index in [-0.39, 0.29) is 30.2 Å². The molecular weight excluding hydrogens is 294 g/mol. The summed E-state index contributed by atoms with van der Waals surface area (Å²) in [5, 5.41) is 2.82. The van der Waals surface area contributed by atoms with Gasteiger partial charge in [-0.1, -0.05) is 13.8 Å². The third-order valence-corrected chi connectivity index (χ3v) is 4.43. The van der Waals surface area contributed by atoms with E-state index in [1.54, 1.807) is 25.3 Å². The average Bonchev–Trinajstić information content (AvgIpc) is 2.93. The molecule has 1 aliphatic heterocycles. The highest BCUT2D eigenvalue weighted by Crippen LogP contribution is 2.27. The molecule has 0 radical (unpaired) electrons. The first kappa shape index (κ1) is 17.1. The molecule has 0 aliphatic carbocycles. The minimum absolute atomic E-state index is 0.0532. The van der Waals surface area contributed by atoms with Crippen LogP contribution in [0, 0.1) is 5.92 Å². The molecule has 0 bridgehead atoms. The van der Waals surface area contributed by atoms with E-state index in [2.05, 4.69) is 19.2 Å². The highest BCUT2D eigenvalue weighted by Gasteiger charge is 2.37. The van der Waals surface area contributed by atoms with Gasteiger partial charge in [-0.2, -0.15) is 0 Å². The van der Waals surface area contributed by atoms with Crippen molar-refractivity contribution >= 4 is 23.2 Å². The molecule has 1 aromatic rings. The van der Waals surface area contributed by atoms with Gasteiger partial charge in [-0.3, -0.25) is 9.59 Å². The van der Waals surface area contributed by atoms with Crippen molar-refractivity contribution in [2.75, 3.05) is 24.7 Å². The SMILES string of the molecule is CCC(CC)N1CC(C(=O)Nc2cc(OC)ccc2N)CC1=O. The second-order valence-corrected chi connectivity index (χ2v) is 5.86. The van der Waals surface area contributed by atoms with E-state index in [0.717, 1.165) is 12.8 Å². The van der Waals surface area contributed by atoms with Crippen LogP contribution in [-0.4, -0.2) is 36.4 Å². The number of hydrogen-bond donors (Lipinski definition) is 2. The van der Waals surface area contributed by atoms with Crippen LogP contribution in [0.3, 0.4) is 0 Å². The largest absolute Gasteiger partial charge is 0.497 e. The number of nitrogens with one attached hydrogen (secondary N) is 1. The Bertz CT molecular complexity index is 584.